The molecule has 1 atom stereocenters. The van der Waals surface area contributed by atoms with Crippen molar-refractivity contribution in [3.63, 3.8) is 0 Å². The van der Waals surface area contributed by atoms with Gasteiger partial charge in [0.15, 0.2) is 0 Å². The number of nitrogens with zero attached hydrogens (tertiary/aromatic N) is 1. The van der Waals surface area contributed by atoms with Crippen LogP contribution >= 0.6 is 11.8 Å². The number of hydrogen-bond donors (Lipinski definition) is 1. The normalized spacial score (nSPS) is 12.1. The van der Waals surface area contributed by atoms with Crippen LogP contribution in [-0.2, 0) is 5.75 Å². The quantitative estimate of drug-likeness (QED) is 0.858. The third kappa shape index (κ3) is 3.84. The minimum Gasteiger partial charge on any atom is -0.396 e. The lowest BCUT2D eigenvalue weighted by Crippen LogP contribution is -2.03. The van der Waals surface area contributed by atoms with E-state index < -0.39 is 0 Å². The van der Waals surface area contributed by atoms with Crippen LogP contribution in [0.15, 0.2) is 18.2 Å². The number of hydrogen-bond acceptors (Lipinski definition) is 3. The summed E-state index contributed by atoms with van der Waals surface area (Å²) in [6, 6.07) is 6.36. The van der Waals surface area contributed by atoms with E-state index in [9.17, 15) is 4.39 Å². The van der Waals surface area contributed by atoms with E-state index in [0.717, 1.165) is 5.75 Å². The summed E-state index contributed by atoms with van der Waals surface area (Å²) < 4.78 is 13.3. The van der Waals surface area contributed by atoms with Gasteiger partial charge in [0.05, 0.1) is 11.6 Å². The number of rotatable bonds is 5. The van der Waals surface area contributed by atoms with Gasteiger partial charge in [-0.3, -0.25) is 0 Å². The van der Waals surface area contributed by atoms with Gasteiger partial charge < -0.3 is 5.11 Å². The lowest BCUT2D eigenvalue weighted by atomic mass is 10.1. The van der Waals surface area contributed by atoms with Crippen LogP contribution in [0.4, 0.5) is 4.39 Å². The van der Waals surface area contributed by atoms with E-state index in [0.29, 0.717) is 16.9 Å². The van der Waals surface area contributed by atoms with Crippen molar-refractivity contribution in [3.05, 3.63) is 35.1 Å². The molecular formula is C12H14FNOS. The van der Waals surface area contributed by atoms with Crippen molar-refractivity contribution < 1.29 is 9.50 Å². The number of thioether (sulfide) groups is 1. The Labute approximate surface area is 99.1 Å². The lowest BCUT2D eigenvalue weighted by Gasteiger charge is -2.07. The first-order valence-corrected chi connectivity index (χ1v) is 6.20. The number of aliphatic hydroxyl groups is 1. The Kier molecular flexibility index (Phi) is 5.30. The average molecular weight is 239 g/mol. The Morgan fingerprint density at radius 3 is 2.94 bits per heavy atom. The van der Waals surface area contributed by atoms with Crippen molar-refractivity contribution in [2.75, 3.05) is 12.4 Å². The van der Waals surface area contributed by atoms with Gasteiger partial charge in [-0.25, -0.2) is 4.39 Å². The Morgan fingerprint density at radius 2 is 2.31 bits per heavy atom. The minimum atomic E-state index is -0.275. The fraction of sp³-hybridized carbons (Fsp3) is 0.417. The van der Waals surface area contributed by atoms with Crippen LogP contribution in [-0.4, -0.2) is 17.5 Å². The number of aliphatic hydroxyl groups excluding tert-OH is 1. The number of halogens is 1. The van der Waals surface area contributed by atoms with E-state index in [-0.39, 0.29) is 18.3 Å². The highest BCUT2D eigenvalue weighted by Gasteiger charge is 2.05. The molecule has 0 bridgehead atoms. The number of nitriles is 1. The molecule has 2 nitrogen and oxygen atoms in total. The largest absolute Gasteiger partial charge is 0.396 e. The first-order chi connectivity index (χ1) is 7.67. The molecule has 0 spiro atoms. The molecule has 0 fully saturated rings. The van der Waals surface area contributed by atoms with Crippen molar-refractivity contribution in [2.45, 2.75) is 12.7 Å². The van der Waals surface area contributed by atoms with Crippen molar-refractivity contribution in [2.24, 2.45) is 5.92 Å². The first kappa shape index (κ1) is 13.0. The highest BCUT2D eigenvalue weighted by molar-refractivity contribution is 7.98. The van der Waals surface area contributed by atoms with E-state index in [1.165, 1.54) is 12.1 Å². The molecule has 16 heavy (non-hydrogen) atoms. The summed E-state index contributed by atoms with van der Waals surface area (Å²) in [7, 11) is 0. The minimum absolute atomic E-state index is 0.147. The Bertz CT molecular complexity index is 389. The molecule has 0 aliphatic rings. The molecule has 1 aromatic carbocycles. The molecule has 0 aromatic heterocycles. The molecule has 0 heterocycles. The molecular weight excluding hydrogens is 225 g/mol. The smallest absolute Gasteiger partial charge is 0.127 e. The van der Waals surface area contributed by atoms with E-state index in [1.54, 1.807) is 17.8 Å². The summed E-state index contributed by atoms with van der Waals surface area (Å²) in [6.45, 7) is 2.09. The molecule has 0 aliphatic carbocycles. The summed E-state index contributed by atoms with van der Waals surface area (Å²) in [5.74, 6) is 1.26. The van der Waals surface area contributed by atoms with Crippen LogP contribution < -0.4 is 0 Å². The average Bonchev–Trinajstić information content (AvgIpc) is 2.31. The SMILES string of the molecule is CC(CO)CSCc1cc(C#N)ccc1F. The molecule has 1 rings (SSSR count). The Hall–Kier alpha value is -1.05. The van der Waals surface area contributed by atoms with Crippen LogP contribution in [0.2, 0.25) is 0 Å². The molecule has 0 saturated heterocycles. The maximum Gasteiger partial charge on any atom is 0.127 e. The number of benzene rings is 1. The third-order valence-corrected chi connectivity index (χ3v) is 3.47. The third-order valence-electron chi connectivity index (χ3n) is 2.15. The highest BCUT2D eigenvalue weighted by Crippen LogP contribution is 2.19. The maximum atomic E-state index is 13.3. The van der Waals surface area contributed by atoms with Gasteiger partial charge in [-0.2, -0.15) is 17.0 Å². The summed E-state index contributed by atoms with van der Waals surface area (Å²) in [4.78, 5) is 0. The summed E-state index contributed by atoms with van der Waals surface area (Å²) in [5, 5.41) is 17.5. The van der Waals surface area contributed by atoms with Gasteiger partial charge in [-0.05, 0) is 35.4 Å². The molecule has 4 heteroatoms. The molecule has 0 amide bonds. The zero-order valence-electron chi connectivity index (χ0n) is 9.11. The van der Waals surface area contributed by atoms with Crippen LogP contribution in [0, 0.1) is 23.1 Å². The highest BCUT2D eigenvalue weighted by atomic mass is 32.2. The van der Waals surface area contributed by atoms with Crippen molar-refractivity contribution >= 4 is 11.8 Å². The molecule has 0 aliphatic heterocycles. The fourth-order valence-electron chi connectivity index (χ4n) is 1.18. The summed E-state index contributed by atoms with van der Waals surface area (Å²) in [6.07, 6.45) is 0. The van der Waals surface area contributed by atoms with Crippen molar-refractivity contribution in [1.29, 1.82) is 5.26 Å². The van der Waals surface area contributed by atoms with Crippen molar-refractivity contribution in [3.8, 4) is 6.07 Å². The van der Waals surface area contributed by atoms with Gasteiger partial charge in [0.2, 0.25) is 0 Å². The molecule has 1 unspecified atom stereocenters. The summed E-state index contributed by atoms with van der Waals surface area (Å²) >= 11 is 1.56. The van der Waals surface area contributed by atoms with E-state index in [1.807, 2.05) is 13.0 Å². The predicted molar refractivity (Wildman–Crippen MR) is 63.5 cm³/mol. The van der Waals surface area contributed by atoms with E-state index in [2.05, 4.69) is 0 Å². The second kappa shape index (κ2) is 6.51. The van der Waals surface area contributed by atoms with Gasteiger partial charge >= 0.3 is 0 Å². The van der Waals surface area contributed by atoms with E-state index >= 15 is 0 Å². The Morgan fingerprint density at radius 1 is 1.56 bits per heavy atom. The molecule has 0 saturated carbocycles. The molecule has 1 N–H and O–H groups in total. The standard InChI is InChI=1S/C12H14FNOS/c1-9(6-15)7-16-8-11-4-10(5-14)2-3-12(11)13/h2-4,9,15H,6-8H2,1H3. The zero-order chi connectivity index (χ0) is 12.0. The topological polar surface area (TPSA) is 44.0 Å². The molecule has 1 aromatic rings. The van der Waals surface area contributed by atoms with Crippen LogP contribution in [0.25, 0.3) is 0 Å². The van der Waals surface area contributed by atoms with Crippen molar-refractivity contribution in [1.82, 2.24) is 0 Å². The monoisotopic (exact) mass is 239 g/mol. The van der Waals surface area contributed by atoms with Crippen LogP contribution in [0.3, 0.4) is 0 Å². The van der Waals surface area contributed by atoms with Crippen LogP contribution in [0.1, 0.15) is 18.1 Å². The van der Waals surface area contributed by atoms with E-state index in [4.69, 9.17) is 10.4 Å². The van der Waals surface area contributed by atoms with Gasteiger partial charge in [-0.1, -0.05) is 6.92 Å². The second-order valence-electron chi connectivity index (χ2n) is 3.72. The lowest BCUT2D eigenvalue weighted by molar-refractivity contribution is 0.250. The maximum absolute atomic E-state index is 13.3. The zero-order valence-corrected chi connectivity index (χ0v) is 9.93. The predicted octanol–water partition coefficient (Wildman–Crippen LogP) is 2.56. The fourth-order valence-corrected chi connectivity index (χ4v) is 2.24. The van der Waals surface area contributed by atoms with Gasteiger partial charge in [0.25, 0.3) is 0 Å². The van der Waals surface area contributed by atoms with Gasteiger partial charge in [0.1, 0.15) is 5.82 Å². The molecule has 0 radical (unpaired) electrons. The summed E-state index contributed by atoms with van der Waals surface area (Å²) in [5.41, 5.74) is 1.03. The van der Waals surface area contributed by atoms with Gasteiger partial charge in [0, 0.05) is 12.4 Å². The van der Waals surface area contributed by atoms with Crippen LogP contribution in [0.5, 0.6) is 0 Å². The molecule has 86 valence electrons. The van der Waals surface area contributed by atoms with Gasteiger partial charge in [-0.15, -0.1) is 0 Å². The second-order valence-corrected chi connectivity index (χ2v) is 4.75. The first-order valence-electron chi connectivity index (χ1n) is 5.04. The Balaban J connectivity index is 2.56.